The fourth-order valence-electron chi connectivity index (χ4n) is 3.17. The van der Waals surface area contributed by atoms with E-state index in [1.807, 2.05) is 25.1 Å². The summed E-state index contributed by atoms with van der Waals surface area (Å²) in [4.78, 5) is 27.0. The van der Waals surface area contributed by atoms with Crippen molar-refractivity contribution in [3.8, 4) is 0 Å². The molecule has 174 valence electrons. The van der Waals surface area contributed by atoms with Gasteiger partial charge in [-0.05, 0) is 38.5 Å². The number of nitrogens with zero attached hydrogens (tertiary/aromatic N) is 2. The van der Waals surface area contributed by atoms with Crippen molar-refractivity contribution in [2.24, 2.45) is 0 Å². The first-order valence-electron chi connectivity index (χ1n) is 9.99. The number of hydrogen-bond donors (Lipinski definition) is 1. The van der Waals surface area contributed by atoms with Crippen molar-refractivity contribution >= 4 is 27.5 Å². The molecule has 0 spiro atoms. The van der Waals surface area contributed by atoms with Gasteiger partial charge in [0.15, 0.2) is 11.6 Å². The first-order chi connectivity index (χ1) is 14.9. The fraction of sp³-hybridized carbons (Fsp3) is 0.364. The molecule has 7 nitrogen and oxygen atoms in total. The van der Waals surface area contributed by atoms with Gasteiger partial charge in [-0.15, -0.1) is 0 Å². The minimum Gasteiger partial charge on any atom is -0.355 e. The zero-order valence-electron chi connectivity index (χ0n) is 18.4. The number of halogens is 2. The standard InChI is InChI=1S/C22H27F2N3O4S/c1-5-25-22(29)16(3)26(13-17-8-6-7-15(2)11-17)21(28)14-27(32(4,30)31)18-9-10-19(23)20(24)12-18/h6-12,16H,5,13-14H2,1-4H3,(H,25,29)/t16-/m1/s1. The van der Waals surface area contributed by atoms with Crippen molar-refractivity contribution in [1.82, 2.24) is 10.2 Å². The van der Waals surface area contributed by atoms with Gasteiger partial charge in [0, 0.05) is 19.2 Å². The third kappa shape index (κ3) is 6.49. The van der Waals surface area contributed by atoms with Gasteiger partial charge in [-0.2, -0.15) is 0 Å². The molecule has 0 aliphatic rings. The highest BCUT2D eigenvalue weighted by molar-refractivity contribution is 7.92. The lowest BCUT2D eigenvalue weighted by Crippen LogP contribution is -2.51. The Bertz CT molecular complexity index is 1090. The summed E-state index contributed by atoms with van der Waals surface area (Å²) >= 11 is 0. The predicted molar refractivity (Wildman–Crippen MR) is 118 cm³/mol. The van der Waals surface area contributed by atoms with Gasteiger partial charge >= 0.3 is 0 Å². The van der Waals surface area contributed by atoms with Crippen LogP contribution >= 0.6 is 0 Å². The maximum atomic E-state index is 13.7. The van der Waals surface area contributed by atoms with E-state index in [1.165, 1.54) is 4.90 Å². The van der Waals surface area contributed by atoms with Gasteiger partial charge < -0.3 is 10.2 Å². The molecule has 1 N–H and O–H groups in total. The minimum absolute atomic E-state index is 0.0637. The number of amides is 2. The van der Waals surface area contributed by atoms with Crippen LogP contribution in [-0.2, 0) is 26.2 Å². The van der Waals surface area contributed by atoms with Crippen LogP contribution in [-0.4, -0.2) is 50.5 Å². The molecule has 0 fully saturated rings. The van der Waals surface area contributed by atoms with Crippen molar-refractivity contribution in [3.05, 3.63) is 65.2 Å². The van der Waals surface area contributed by atoms with Crippen LogP contribution in [0.5, 0.6) is 0 Å². The molecule has 0 bridgehead atoms. The molecule has 0 aliphatic heterocycles. The number of aryl methyl sites for hydroxylation is 1. The summed E-state index contributed by atoms with van der Waals surface area (Å²) in [6.45, 7) is 4.91. The SMILES string of the molecule is CCNC(=O)[C@@H](C)N(Cc1cccc(C)c1)C(=O)CN(c1ccc(F)c(F)c1)S(C)(=O)=O. The third-order valence-electron chi connectivity index (χ3n) is 4.82. The van der Waals surface area contributed by atoms with Crippen molar-refractivity contribution < 1.29 is 26.8 Å². The summed E-state index contributed by atoms with van der Waals surface area (Å²) in [5, 5.41) is 2.65. The molecule has 0 aliphatic carbocycles. The molecule has 0 radical (unpaired) electrons. The number of likely N-dealkylation sites (N-methyl/N-ethyl adjacent to an activating group) is 1. The van der Waals surface area contributed by atoms with E-state index in [-0.39, 0.29) is 12.2 Å². The number of benzene rings is 2. The van der Waals surface area contributed by atoms with Gasteiger partial charge in [-0.3, -0.25) is 13.9 Å². The molecular formula is C22H27F2N3O4S. The minimum atomic E-state index is -4.02. The first-order valence-corrected chi connectivity index (χ1v) is 11.8. The highest BCUT2D eigenvalue weighted by Crippen LogP contribution is 2.21. The molecule has 0 aromatic heterocycles. The van der Waals surface area contributed by atoms with E-state index in [4.69, 9.17) is 0 Å². The fourth-order valence-corrected chi connectivity index (χ4v) is 4.01. The van der Waals surface area contributed by atoms with Gasteiger partial charge in [0.1, 0.15) is 12.6 Å². The van der Waals surface area contributed by atoms with Crippen LogP contribution in [0.2, 0.25) is 0 Å². The molecule has 0 unspecified atom stereocenters. The maximum Gasteiger partial charge on any atom is 0.244 e. The molecule has 2 aromatic rings. The number of nitrogens with one attached hydrogen (secondary N) is 1. The van der Waals surface area contributed by atoms with Crippen LogP contribution in [0.25, 0.3) is 0 Å². The van der Waals surface area contributed by atoms with E-state index in [9.17, 15) is 26.8 Å². The number of carbonyl (C=O) groups excluding carboxylic acids is 2. The van der Waals surface area contributed by atoms with E-state index in [1.54, 1.807) is 19.9 Å². The zero-order chi connectivity index (χ0) is 24.1. The van der Waals surface area contributed by atoms with Crippen molar-refractivity contribution in [3.63, 3.8) is 0 Å². The molecule has 2 amide bonds. The van der Waals surface area contributed by atoms with Crippen LogP contribution in [0.4, 0.5) is 14.5 Å². The number of sulfonamides is 1. The van der Waals surface area contributed by atoms with E-state index >= 15 is 0 Å². The lowest BCUT2D eigenvalue weighted by molar-refractivity contribution is -0.139. The lowest BCUT2D eigenvalue weighted by atomic mass is 10.1. The van der Waals surface area contributed by atoms with Crippen LogP contribution in [0.3, 0.4) is 0 Å². The second-order valence-corrected chi connectivity index (χ2v) is 9.36. The Balaban J connectivity index is 2.40. The highest BCUT2D eigenvalue weighted by atomic mass is 32.2. The Morgan fingerprint density at radius 3 is 2.34 bits per heavy atom. The number of hydrogen-bond acceptors (Lipinski definition) is 4. The smallest absolute Gasteiger partial charge is 0.244 e. The number of carbonyl (C=O) groups is 2. The zero-order valence-corrected chi connectivity index (χ0v) is 19.2. The molecule has 10 heteroatoms. The predicted octanol–water partition coefficient (Wildman–Crippen LogP) is 2.59. The Morgan fingerprint density at radius 2 is 1.78 bits per heavy atom. The van der Waals surface area contributed by atoms with Crippen molar-refractivity contribution in [2.75, 3.05) is 23.7 Å². The van der Waals surface area contributed by atoms with E-state index < -0.39 is 46.1 Å². The second-order valence-electron chi connectivity index (χ2n) is 7.45. The lowest BCUT2D eigenvalue weighted by Gasteiger charge is -2.31. The van der Waals surface area contributed by atoms with Gasteiger partial charge in [-0.25, -0.2) is 17.2 Å². The number of rotatable bonds is 9. The molecule has 32 heavy (non-hydrogen) atoms. The summed E-state index contributed by atoms with van der Waals surface area (Å²) in [5.74, 6) is -3.44. The molecule has 0 saturated heterocycles. The summed E-state index contributed by atoms with van der Waals surface area (Å²) in [5.41, 5.74) is 1.52. The van der Waals surface area contributed by atoms with Gasteiger partial charge in [0.25, 0.3) is 0 Å². The van der Waals surface area contributed by atoms with Gasteiger partial charge in [-0.1, -0.05) is 29.8 Å². The van der Waals surface area contributed by atoms with Gasteiger partial charge in [0.2, 0.25) is 21.8 Å². The maximum absolute atomic E-state index is 13.7. The van der Waals surface area contributed by atoms with Crippen molar-refractivity contribution in [1.29, 1.82) is 0 Å². The summed E-state index contributed by atoms with van der Waals surface area (Å²) in [6.07, 6.45) is 0.861. The normalized spacial score (nSPS) is 12.2. The van der Waals surface area contributed by atoms with Crippen molar-refractivity contribution in [2.45, 2.75) is 33.4 Å². The van der Waals surface area contributed by atoms with E-state index in [0.717, 1.165) is 29.5 Å². The van der Waals surface area contributed by atoms with Crippen LogP contribution in [0.1, 0.15) is 25.0 Å². The number of anilines is 1. The molecule has 2 aromatic carbocycles. The second kappa shape index (κ2) is 10.5. The molecular weight excluding hydrogens is 440 g/mol. The van der Waals surface area contributed by atoms with E-state index in [0.29, 0.717) is 16.9 Å². The van der Waals surface area contributed by atoms with E-state index in [2.05, 4.69) is 5.32 Å². The summed E-state index contributed by atoms with van der Waals surface area (Å²) < 4.78 is 52.4. The third-order valence-corrected chi connectivity index (χ3v) is 5.96. The quantitative estimate of drug-likeness (QED) is 0.614. The Kier molecular flexibility index (Phi) is 8.31. The Labute approximate surface area is 187 Å². The first kappa shape index (κ1) is 25.3. The molecule has 0 saturated carbocycles. The van der Waals surface area contributed by atoms with Crippen LogP contribution < -0.4 is 9.62 Å². The Morgan fingerprint density at radius 1 is 1.09 bits per heavy atom. The van der Waals surface area contributed by atoms with Crippen LogP contribution in [0.15, 0.2) is 42.5 Å². The average Bonchev–Trinajstić information content (AvgIpc) is 2.71. The molecule has 2 rings (SSSR count). The molecule has 1 atom stereocenters. The topological polar surface area (TPSA) is 86.8 Å². The molecule has 0 heterocycles. The monoisotopic (exact) mass is 467 g/mol. The largest absolute Gasteiger partial charge is 0.355 e. The van der Waals surface area contributed by atoms with Crippen LogP contribution in [0, 0.1) is 18.6 Å². The Hall–Kier alpha value is -3.01. The van der Waals surface area contributed by atoms with Gasteiger partial charge in [0.05, 0.1) is 11.9 Å². The summed E-state index contributed by atoms with van der Waals surface area (Å²) in [7, 11) is -4.02. The average molecular weight is 468 g/mol. The summed E-state index contributed by atoms with van der Waals surface area (Å²) in [6, 6.07) is 9.03. The highest BCUT2D eigenvalue weighted by Gasteiger charge is 2.30.